The predicted molar refractivity (Wildman–Crippen MR) is 122 cm³/mol. The fraction of sp³-hybridized carbons (Fsp3) is 0.208. The SMILES string of the molecule is CC[C@H](C)c1ccccc1N=Cc1cc(Cc2ccccc2Cl)cc(Br)c1O. The topological polar surface area (TPSA) is 32.6 Å². The molecule has 3 rings (SSSR count). The smallest absolute Gasteiger partial charge is 0.138 e. The van der Waals surface area contributed by atoms with Gasteiger partial charge in [-0.25, -0.2) is 0 Å². The van der Waals surface area contributed by atoms with Crippen LogP contribution in [0.2, 0.25) is 5.02 Å². The number of benzene rings is 3. The molecule has 0 spiro atoms. The number of aromatic hydroxyl groups is 1. The Labute approximate surface area is 180 Å². The second-order valence-corrected chi connectivity index (χ2v) is 8.17. The average Bonchev–Trinajstić information content (AvgIpc) is 2.71. The Balaban J connectivity index is 1.94. The normalized spacial score (nSPS) is 12.4. The van der Waals surface area contributed by atoms with E-state index >= 15 is 0 Å². The zero-order valence-electron chi connectivity index (χ0n) is 16.0. The third-order valence-electron chi connectivity index (χ3n) is 4.93. The Morgan fingerprint density at radius 2 is 1.82 bits per heavy atom. The summed E-state index contributed by atoms with van der Waals surface area (Å²) >= 11 is 9.76. The lowest BCUT2D eigenvalue weighted by atomic mass is 9.97. The molecular weight excluding hydrogens is 434 g/mol. The lowest BCUT2D eigenvalue weighted by Crippen LogP contribution is -1.94. The summed E-state index contributed by atoms with van der Waals surface area (Å²) in [5.41, 5.74) is 4.92. The van der Waals surface area contributed by atoms with Crippen molar-refractivity contribution in [1.82, 2.24) is 0 Å². The van der Waals surface area contributed by atoms with Gasteiger partial charge in [0.15, 0.2) is 0 Å². The van der Waals surface area contributed by atoms with Crippen molar-refractivity contribution >= 4 is 39.4 Å². The molecule has 4 heteroatoms. The van der Waals surface area contributed by atoms with Gasteiger partial charge < -0.3 is 5.11 Å². The van der Waals surface area contributed by atoms with Crippen LogP contribution in [-0.4, -0.2) is 11.3 Å². The number of nitrogens with zero attached hydrogens (tertiary/aromatic N) is 1. The highest BCUT2D eigenvalue weighted by Crippen LogP contribution is 2.32. The summed E-state index contributed by atoms with van der Waals surface area (Å²) in [5, 5.41) is 11.2. The van der Waals surface area contributed by atoms with Crippen molar-refractivity contribution in [3.8, 4) is 5.75 Å². The minimum Gasteiger partial charge on any atom is -0.506 e. The number of aliphatic imine (C=N–C) groups is 1. The molecule has 0 bridgehead atoms. The third kappa shape index (κ3) is 4.84. The van der Waals surface area contributed by atoms with Crippen molar-refractivity contribution in [3.63, 3.8) is 0 Å². The Morgan fingerprint density at radius 1 is 1.11 bits per heavy atom. The van der Waals surface area contributed by atoms with Gasteiger partial charge >= 0.3 is 0 Å². The van der Waals surface area contributed by atoms with Crippen LogP contribution in [0.1, 0.15) is 48.4 Å². The van der Waals surface area contributed by atoms with E-state index in [0.29, 0.717) is 22.4 Å². The van der Waals surface area contributed by atoms with Gasteiger partial charge in [0.1, 0.15) is 5.75 Å². The number of hydrogen-bond donors (Lipinski definition) is 1. The van der Waals surface area contributed by atoms with Crippen LogP contribution < -0.4 is 0 Å². The minimum absolute atomic E-state index is 0.188. The van der Waals surface area contributed by atoms with Crippen molar-refractivity contribution in [3.05, 3.63) is 92.4 Å². The van der Waals surface area contributed by atoms with E-state index in [2.05, 4.69) is 40.8 Å². The Bertz CT molecular complexity index is 1000. The summed E-state index contributed by atoms with van der Waals surface area (Å²) in [6.07, 6.45) is 3.47. The molecule has 0 aliphatic rings. The maximum Gasteiger partial charge on any atom is 0.138 e. The zero-order chi connectivity index (χ0) is 20.1. The summed E-state index contributed by atoms with van der Waals surface area (Å²) in [4.78, 5) is 4.68. The second kappa shape index (κ2) is 9.40. The van der Waals surface area contributed by atoms with Gasteiger partial charge in [0, 0.05) is 16.8 Å². The van der Waals surface area contributed by atoms with E-state index in [0.717, 1.165) is 28.3 Å². The molecule has 0 aromatic heterocycles. The molecule has 0 amide bonds. The highest BCUT2D eigenvalue weighted by atomic mass is 79.9. The molecule has 2 nitrogen and oxygen atoms in total. The third-order valence-corrected chi connectivity index (χ3v) is 5.90. The van der Waals surface area contributed by atoms with Crippen molar-refractivity contribution < 1.29 is 5.11 Å². The van der Waals surface area contributed by atoms with Crippen molar-refractivity contribution in [2.75, 3.05) is 0 Å². The maximum atomic E-state index is 10.5. The van der Waals surface area contributed by atoms with Crippen LogP contribution in [0.3, 0.4) is 0 Å². The summed E-state index contributed by atoms with van der Waals surface area (Å²) in [7, 11) is 0. The first-order valence-corrected chi connectivity index (χ1v) is 10.5. The molecule has 0 aliphatic heterocycles. The Kier molecular flexibility index (Phi) is 6.93. The maximum absolute atomic E-state index is 10.5. The molecule has 0 aliphatic carbocycles. The number of hydrogen-bond acceptors (Lipinski definition) is 2. The van der Waals surface area contributed by atoms with Crippen LogP contribution in [-0.2, 0) is 6.42 Å². The highest BCUT2D eigenvalue weighted by molar-refractivity contribution is 9.10. The van der Waals surface area contributed by atoms with E-state index in [4.69, 9.17) is 11.6 Å². The monoisotopic (exact) mass is 455 g/mol. The molecule has 3 aromatic rings. The van der Waals surface area contributed by atoms with Crippen LogP contribution >= 0.6 is 27.5 Å². The van der Waals surface area contributed by atoms with Gasteiger partial charge in [0.2, 0.25) is 0 Å². The fourth-order valence-corrected chi connectivity index (χ4v) is 3.85. The number of halogens is 2. The van der Waals surface area contributed by atoms with Crippen LogP contribution in [0.25, 0.3) is 0 Å². The largest absolute Gasteiger partial charge is 0.506 e. The lowest BCUT2D eigenvalue weighted by molar-refractivity contribution is 0.471. The summed E-state index contributed by atoms with van der Waals surface area (Å²) in [6.45, 7) is 4.37. The predicted octanol–water partition coefficient (Wildman–Crippen LogP) is 7.66. The first-order chi connectivity index (χ1) is 13.5. The van der Waals surface area contributed by atoms with E-state index in [1.807, 2.05) is 54.6 Å². The number of phenols is 1. The zero-order valence-corrected chi connectivity index (χ0v) is 18.3. The lowest BCUT2D eigenvalue weighted by Gasteiger charge is -2.12. The first-order valence-electron chi connectivity index (χ1n) is 9.37. The molecule has 1 atom stereocenters. The van der Waals surface area contributed by atoms with Gasteiger partial charge in [0.25, 0.3) is 0 Å². The number of phenolic OH excluding ortho intramolecular Hbond substituents is 1. The van der Waals surface area contributed by atoms with Gasteiger partial charge in [-0.15, -0.1) is 0 Å². The van der Waals surface area contributed by atoms with Crippen molar-refractivity contribution in [2.24, 2.45) is 4.99 Å². The molecule has 0 saturated heterocycles. The highest BCUT2D eigenvalue weighted by Gasteiger charge is 2.10. The van der Waals surface area contributed by atoms with Gasteiger partial charge in [-0.05, 0) is 75.6 Å². The molecule has 3 aromatic carbocycles. The van der Waals surface area contributed by atoms with Crippen LogP contribution in [0.4, 0.5) is 5.69 Å². The quantitative estimate of drug-likeness (QED) is 0.379. The van der Waals surface area contributed by atoms with E-state index in [9.17, 15) is 5.11 Å². The summed E-state index contributed by atoms with van der Waals surface area (Å²) < 4.78 is 0.647. The van der Waals surface area contributed by atoms with Crippen LogP contribution in [0, 0.1) is 0 Å². The van der Waals surface area contributed by atoms with Crippen LogP contribution in [0.15, 0.2) is 70.1 Å². The molecule has 0 heterocycles. The minimum atomic E-state index is 0.188. The molecular formula is C24H23BrClNO. The van der Waals surface area contributed by atoms with Crippen molar-refractivity contribution in [1.29, 1.82) is 0 Å². The summed E-state index contributed by atoms with van der Waals surface area (Å²) in [5.74, 6) is 0.618. The van der Waals surface area contributed by atoms with E-state index in [1.165, 1.54) is 5.56 Å². The number of para-hydroxylation sites is 1. The van der Waals surface area contributed by atoms with E-state index < -0.39 is 0 Å². The average molecular weight is 457 g/mol. The molecule has 144 valence electrons. The molecule has 0 saturated carbocycles. The van der Waals surface area contributed by atoms with Gasteiger partial charge in [-0.2, -0.15) is 0 Å². The summed E-state index contributed by atoms with van der Waals surface area (Å²) in [6, 6.07) is 19.8. The molecule has 28 heavy (non-hydrogen) atoms. The Morgan fingerprint density at radius 3 is 2.57 bits per heavy atom. The van der Waals surface area contributed by atoms with E-state index in [-0.39, 0.29) is 5.75 Å². The first kappa shape index (κ1) is 20.6. The van der Waals surface area contributed by atoms with Gasteiger partial charge in [0.05, 0.1) is 10.2 Å². The molecule has 1 N–H and O–H groups in total. The van der Waals surface area contributed by atoms with E-state index in [1.54, 1.807) is 6.21 Å². The van der Waals surface area contributed by atoms with Crippen molar-refractivity contribution in [2.45, 2.75) is 32.6 Å². The van der Waals surface area contributed by atoms with Gasteiger partial charge in [-0.3, -0.25) is 4.99 Å². The molecule has 0 fully saturated rings. The van der Waals surface area contributed by atoms with Crippen LogP contribution in [0.5, 0.6) is 5.75 Å². The number of rotatable bonds is 6. The Hall–Kier alpha value is -2.10. The fourth-order valence-electron chi connectivity index (χ4n) is 3.12. The molecule has 0 radical (unpaired) electrons. The standard InChI is InChI=1S/C24H23BrClNO/c1-3-16(2)20-9-5-7-11-23(20)27-15-19-13-17(14-21(25)24(19)28)12-18-8-4-6-10-22(18)26/h4-11,13-16,28H,3,12H2,1-2H3/t16-/m0/s1. The van der Waals surface area contributed by atoms with Gasteiger partial charge in [-0.1, -0.05) is 61.8 Å². The molecule has 0 unspecified atom stereocenters. The second-order valence-electron chi connectivity index (χ2n) is 6.91.